The van der Waals surface area contributed by atoms with E-state index in [0.717, 1.165) is 0 Å². The SMILES string of the molecule is COc1cc([C@H]2c3cc4c(cc3[C@H](O[C@H]3O[C@@H]5CO[C@H](C)O[C@@H]5[C@@H](O)[C@@H]3O)[C@@H]3COC(=O)[C@@H]23)OCO4)cc(OC)c1O. The van der Waals surface area contributed by atoms with Crippen molar-refractivity contribution in [2.45, 2.75) is 55.9 Å². The Balaban J connectivity index is 1.32. The molecule has 3 saturated heterocycles. The molecule has 3 fully saturated rings. The third-order valence-electron chi connectivity index (χ3n) is 8.75. The van der Waals surface area contributed by atoms with Crippen molar-refractivity contribution < 1.29 is 62.7 Å². The van der Waals surface area contributed by atoms with E-state index in [0.29, 0.717) is 28.2 Å². The van der Waals surface area contributed by atoms with Gasteiger partial charge in [-0.25, -0.2) is 0 Å². The van der Waals surface area contributed by atoms with Gasteiger partial charge in [-0.3, -0.25) is 4.79 Å². The fraction of sp³-hybridized carbons (Fsp3) is 0.552. The van der Waals surface area contributed by atoms with Gasteiger partial charge < -0.3 is 58.0 Å². The quantitative estimate of drug-likeness (QED) is 0.430. The van der Waals surface area contributed by atoms with Gasteiger partial charge in [0.2, 0.25) is 12.5 Å². The maximum atomic E-state index is 13.4. The highest BCUT2D eigenvalue weighted by Crippen LogP contribution is 2.57. The average Bonchev–Trinajstić information content (AvgIpc) is 3.61. The van der Waals surface area contributed by atoms with Crippen LogP contribution in [0.25, 0.3) is 0 Å². The summed E-state index contributed by atoms with van der Waals surface area (Å²) in [5.74, 6) is -1.02. The Morgan fingerprint density at radius 1 is 0.881 bits per heavy atom. The van der Waals surface area contributed by atoms with Gasteiger partial charge in [-0.15, -0.1) is 0 Å². The molecule has 42 heavy (non-hydrogen) atoms. The molecule has 2 aromatic carbocycles. The average molecular weight is 589 g/mol. The van der Waals surface area contributed by atoms with Crippen LogP contribution in [-0.2, 0) is 28.5 Å². The van der Waals surface area contributed by atoms with Gasteiger partial charge in [0.25, 0.3) is 0 Å². The number of phenols is 1. The van der Waals surface area contributed by atoms with E-state index in [1.165, 1.54) is 14.2 Å². The van der Waals surface area contributed by atoms with Crippen LogP contribution < -0.4 is 18.9 Å². The summed E-state index contributed by atoms with van der Waals surface area (Å²) in [6.07, 6.45) is -6.80. The van der Waals surface area contributed by atoms with Crippen molar-refractivity contribution in [2.24, 2.45) is 11.8 Å². The molecule has 226 valence electrons. The molecular formula is C29H32O13. The molecule has 2 aromatic rings. The summed E-state index contributed by atoms with van der Waals surface area (Å²) in [4.78, 5) is 13.4. The van der Waals surface area contributed by atoms with E-state index < -0.39 is 66.8 Å². The highest BCUT2D eigenvalue weighted by molar-refractivity contribution is 5.79. The fourth-order valence-electron chi connectivity index (χ4n) is 6.74. The van der Waals surface area contributed by atoms with E-state index >= 15 is 0 Å². The first kappa shape index (κ1) is 27.5. The summed E-state index contributed by atoms with van der Waals surface area (Å²) in [6, 6.07) is 6.93. The lowest BCUT2D eigenvalue weighted by Gasteiger charge is -2.47. The van der Waals surface area contributed by atoms with Crippen molar-refractivity contribution in [3.8, 4) is 28.7 Å². The predicted octanol–water partition coefficient (Wildman–Crippen LogP) is 1.34. The molecule has 3 N–H and O–H groups in total. The lowest BCUT2D eigenvalue weighted by Crippen LogP contribution is -2.63. The number of carbonyl (C=O) groups is 1. The zero-order valence-electron chi connectivity index (χ0n) is 23.1. The van der Waals surface area contributed by atoms with Crippen molar-refractivity contribution in [2.75, 3.05) is 34.2 Å². The first-order valence-corrected chi connectivity index (χ1v) is 13.8. The molecule has 5 aliphatic rings. The highest BCUT2D eigenvalue weighted by Gasteiger charge is 2.56. The molecular weight excluding hydrogens is 556 g/mol. The van der Waals surface area contributed by atoms with Gasteiger partial charge in [0.05, 0.1) is 39.5 Å². The van der Waals surface area contributed by atoms with Gasteiger partial charge in [-0.05, 0) is 47.9 Å². The molecule has 0 radical (unpaired) electrons. The molecule has 10 atom stereocenters. The normalized spacial score (nSPS) is 36.5. The van der Waals surface area contributed by atoms with Crippen LogP contribution in [0.3, 0.4) is 0 Å². The van der Waals surface area contributed by atoms with Gasteiger partial charge in [0.15, 0.2) is 35.6 Å². The van der Waals surface area contributed by atoms with Crippen molar-refractivity contribution >= 4 is 5.97 Å². The number of carbonyl (C=O) groups excluding carboxylic acids is 1. The van der Waals surface area contributed by atoms with Crippen LogP contribution in [0.1, 0.15) is 35.6 Å². The van der Waals surface area contributed by atoms with E-state index in [-0.39, 0.29) is 37.3 Å². The van der Waals surface area contributed by atoms with E-state index in [1.54, 1.807) is 31.2 Å². The van der Waals surface area contributed by atoms with Gasteiger partial charge in [0.1, 0.15) is 24.4 Å². The number of aliphatic hydroxyl groups is 2. The Labute approximate surface area is 240 Å². The number of phenolic OH excluding ortho intramolecular Hbond substituents is 1. The van der Waals surface area contributed by atoms with Crippen molar-refractivity contribution in [1.82, 2.24) is 0 Å². The molecule has 1 aliphatic carbocycles. The Kier molecular flexibility index (Phi) is 6.83. The zero-order valence-corrected chi connectivity index (χ0v) is 23.1. The van der Waals surface area contributed by atoms with Crippen LogP contribution in [0.4, 0.5) is 0 Å². The van der Waals surface area contributed by atoms with Crippen molar-refractivity contribution in [1.29, 1.82) is 0 Å². The van der Waals surface area contributed by atoms with Crippen LogP contribution in [-0.4, -0.2) is 92.5 Å². The molecule has 0 bridgehead atoms. The number of hydrogen-bond acceptors (Lipinski definition) is 13. The number of cyclic esters (lactones) is 1. The molecule has 4 heterocycles. The molecule has 7 rings (SSSR count). The molecule has 13 heteroatoms. The van der Waals surface area contributed by atoms with Gasteiger partial charge >= 0.3 is 5.97 Å². The summed E-state index contributed by atoms with van der Waals surface area (Å²) in [6.45, 7) is 1.93. The van der Waals surface area contributed by atoms with Gasteiger partial charge in [0, 0.05) is 11.8 Å². The standard InChI is InChI=1S/C29H32O13/c1-11-36-9-20-27(40-11)24(31)25(32)29(41-20)42-26-14-7-17-16(38-10-39-17)6-13(14)21(22-15(26)8-37-28(22)33)12-4-18(34-2)23(30)19(5-12)35-3/h4-7,11,15,20-22,24-27,29-32H,8-10H2,1-3H3/t11-,15+,20+,21-,22+,24-,25-,26-,27-,29+/m0/s1. The predicted molar refractivity (Wildman–Crippen MR) is 138 cm³/mol. The number of rotatable bonds is 5. The molecule has 0 saturated carbocycles. The summed E-state index contributed by atoms with van der Waals surface area (Å²) in [5.41, 5.74) is 2.01. The molecule has 0 spiro atoms. The number of ether oxygens (including phenoxy) is 9. The van der Waals surface area contributed by atoms with Crippen LogP contribution >= 0.6 is 0 Å². The zero-order chi connectivity index (χ0) is 29.3. The number of aromatic hydroxyl groups is 1. The molecule has 4 aliphatic heterocycles. The minimum absolute atomic E-state index is 0.0301. The minimum atomic E-state index is -1.44. The maximum absolute atomic E-state index is 13.4. The number of hydrogen-bond donors (Lipinski definition) is 3. The molecule has 0 aromatic heterocycles. The van der Waals surface area contributed by atoms with E-state index in [4.69, 9.17) is 42.6 Å². The Bertz CT molecular complexity index is 1350. The fourth-order valence-corrected chi connectivity index (χ4v) is 6.74. The second-order valence-corrected chi connectivity index (χ2v) is 11.0. The maximum Gasteiger partial charge on any atom is 0.310 e. The lowest BCUT2D eigenvalue weighted by atomic mass is 9.66. The lowest BCUT2D eigenvalue weighted by molar-refractivity contribution is -0.364. The summed E-state index contributed by atoms with van der Waals surface area (Å²) in [5, 5.41) is 32.5. The van der Waals surface area contributed by atoms with Gasteiger partial charge in [-0.1, -0.05) is 0 Å². The van der Waals surface area contributed by atoms with Crippen LogP contribution in [0.2, 0.25) is 0 Å². The summed E-state index contributed by atoms with van der Waals surface area (Å²) < 4.78 is 51.5. The Hall–Kier alpha value is -3.33. The third-order valence-corrected chi connectivity index (χ3v) is 8.75. The topological polar surface area (TPSA) is 161 Å². The number of methoxy groups -OCH3 is 2. The second-order valence-electron chi connectivity index (χ2n) is 11.0. The van der Waals surface area contributed by atoms with E-state index in [1.807, 2.05) is 0 Å². The van der Waals surface area contributed by atoms with Gasteiger partial charge in [-0.2, -0.15) is 0 Å². The number of benzene rings is 2. The number of aliphatic hydroxyl groups excluding tert-OH is 2. The van der Waals surface area contributed by atoms with Crippen LogP contribution in [0, 0.1) is 11.8 Å². The van der Waals surface area contributed by atoms with Crippen LogP contribution in [0.15, 0.2) is 24.3 Å². The largest absolute Gasteiger partial charge is 0.502 e. The highest BCUT2D eigenvalue weighted by atomic mass is 16.8. The summed E-state index contributed by atoms with van der Waals surface area (Å²) >= 11 is 0. The summed E-state index contributed by atoms with van der Waals surface area (Å²) in [7, 11) is 2.86. The Morgan fingerprint density at radius 3 is 2.26 bits per heavy atom. The van der Waals surface area contributed by atoms with E-state index in [2.05, 4.69) is 0 Å². The Morgan fingerprint density at radius 2 is 1.57 bits per heavy atom. The van der Waals surface area contributed by atoms with Crippen molar-refractivity contribution in [3.05, 3.63) is 41.0 Å². The monoisotopic (exact) mass is 588 g/mol. The van der Waals surface area contributed by atoms with Crippen LogP contribution in [0.5, 0.6) is 28.7 Å². The first-order valence-electron chi connectivity index (χ1n) is 13.8. The second kappa shape index (κ2) is 10.4. The van der Waals surface area contributed by atoms with E-state index in [9.17, 15) is 20.1 Å². The number of fused-ring (bicyclic) bond motifs is 4. The van der Waals surface area contributed by atoms with Crippen molar-refractivity contribution in [3.63, 3.8) is 0 Å². The first-order chi connectivity index (χ1) is 20.3. The third kappa shape index (κ3) is 4.26. The smallest absolute Gasteiger partial charge is 0.310 e. The minimum Gasteiger partial charge on any atom is -0.502 e. The molecule has 0 amide bonds. The molecule has 13 nitrogen and oxygen atoms in total. The number of esters is 1. The molecule has 0 unspecified atom stereocenters.